The van der Waals surface area contributed by atoms with Gasteiger partial charge in [0.05, 0.1) is 25.6 Å². The van der Waals surface area contributed by atoms with E-state index in [1.165, 1.54) is 23.7 Å². The molecule has 2 fully saturated rings. The van der Waals surface area contributed by atoms with E-state index < -0.39 is 42.3 Å². The van der Waals surface area contributed by atoms with Gasteiger partial charge in [-0.15, -0.1) is 11.3 Å². The Bertz CT molecular complexity index is 1640. The summed E-state index contributed by atoms with van der Waals surface area (Å²) >= 11 is 1.17. The van der Waals surface area contributed by atoms with Crippen LogP contribution in [0.3, 0.4) is 0 Å². The zero-order chi connectivity index (χ0) is 28.5. The Morgan fingerprint density at radius 1 is 1.00 bits per heavy atom. The number of hydrogen-bond acceptors (Lipinski definition) is 10. The van der Waals surface area contributed by atoms with Crippen molar-refractivity contribution >= 4 is 28.9 Å². The van der Waals surface area contributed by atoms with E-state index >= 15 is 0 Å². The summed E-state index contributed by atoms with van der Waals surface area (Å²) in [5, 5.41) is 22.6. The zero-order valence-electron chi connectivity index (χ0n) is 21.4. The number of carbonyl (C=O) groups excluding carboxylic acids is 1. The topological polar surface area (TPSA) is 162 Å². The summed E-state index contributed by atoms with van der Waals surface area (Å²) < 4.78 is 18.1. The smallest absolute Gasteiger partial charge is 0.323 e. The molecule has 0 aliphatic carbocycles. The van der Waals surface area contributed by atoms with Gasteiger partial charge in [-0.1, -0.05) is 30.3 Å². The van der Waals surface area contributed by atoms with E-state index in [0.717, 1.165) is 10.1 Å². The van der Waals surface area contributed by atoms with Crippen LogP contribution in [0.4, 0.5) is 5.69 Å². The molecule has 1 amide bonds. The molecule has 0 bridgehead atoms. The molecule has 4 aromatic rings. The number of aliphatic hydroxyl groups excluding tert-OH is 1. The second-order valence-electron chi connectivity index (χ2n) is 9.47. The molecule has 0 unspecified atom stereocenters. The zero-order valence-corrected chi connectivity index (χ0v) is 22.2. The van der Waals surface area contributed by atoms with E-state index in [0.29, 0.717) is 16.3 Å². The lowest BCUT2D eigenvalue weighted by Crippen LogP contribution is -2.34. The first kappa shape index (κ1) is 26.8. The predicted octanol–water partition coefficient (Wildman–Crippen LogP) is 2.28. The number of benzene rings is 2. The molecule has 41 heavy (non-hydrogen) atoms. The summed E-state index contributed by atoms with van der Waals surface area (Å²) in [6.45, 7) is -0.198. The number of nitrogens with zero attached hydrogens (tertiary/aromatic N) is 3. The number of thiazole rings is 1. The third-order valence-corrected chi connectivity index (χ3v) is 7.77. The van der Waals surface area contributed by atoms with Crippen molar-refractivity contribution in [3.05, 3.63) is 82.2 Å². The minimum absolute atomic E-state index is 0.109. The summed E-state index contributed by atoms with van der Waals surface area (Å²) in [6, 6.07) is 16.0. The van der Waals surface area contributed by atoms with Gasteiger partial charge < -0.3 is 29.7 Å². The van der Waals surface area contributed by atoms with Crippen molar-refractivity contribution in [2.24, 2.45) is 0 Å². The minimum Gasteiger partial charge on any atom is -0.485 e. The van der Waals surface area contributed by atoms with Crippen LogP contribution in [0, 0.1) is 0 Å². The van der Waals surface area contributed by atoms with Crippen LogP contribution >= 0.6 is 11.3 Å². The highest BCUT2D eigenvalue weighted by Gasteiger charge is 2.48. The molecule has 2 aromatic carbocycles. The molecule has 12 nitrogen and oxygen atoms in total. The van der Waals surface area contributed by atoms with E-state index in [2.05, 4.69) is 15.3 Å². The Balaban J connectivity index is 1.21. The number of hydrogen-bond donors (Lipinski definition) is 3. The monoisotopic (exact) mass is 576 g/mol. The van der Waals surface area contributed by atoms with Crippen molar-refractivity contribution in [2.45, 2.75) is 31.0 Å². The van der Waals surface area contributed by atoms with Gasteiger partial charge in [-0.2, -0.15) is 0 Å². The van der Waals surface area contributed by atoms with Crippen LogP contribution < -0.4 is 15.6 Å². The molecule has 0 saturated carbocycles. The molecule has 2 saturated heterocycles. The van der Waals surface area contributed by atoms with Crippen LogP contribution in [0.1, 0.15) is 9.67 Å². The van der Waals surface area contributed by atoms with Crippen LogP contribution in [0.5, 0.6) is 5.75 Å². The number of carbonyl (C=O) groups is 2. The fourth-order valence-electron chi connectivity index (χ4n) is 4.77. The first-order valence-corrected chi connectivity index (χ1v) is 13.5. The number of aliphatic hydroxyl groups is 1. The molecular weight excluding hydrogens is 552 g/mol. The number of carboxylic acids is 1. The molecule has 2 aliphatic rings. The number of aliphatic carboxylic acids is 1. The van der Waals surface area contributed by atoms with Gasteiger partial charge in [-0.3, -0.25) is 19.0 Å². The quantitative estimate of drug-likeness (QED) is 0.284. The van der Waals surface area contributed by atoms with Gasteiger partial charge in [0, 0.05) is 11.1 Å². The molecular formula is C28H24N4O8S. The summed E-state index contributed by atoms with van der Waals surface area (Å²) in [5.74, 6) is -1.19. The average molecular weight is 577 g/mol. The molecule has 0 spiro atoms. The maximum absolute atomic E-state index is 13.3. The number of aromatic nitrogens is 3. The van der Waals surface area contributed by atoms with Crippen molar-refractivity contribution in [1.29, 1.82) is 0 Å². The molecule has 4 heterocycles. The van der Waals surface area contributed by atoms with Crippen LogP contribution in [0.2, 0.25) is 0 Å². The maximum Gasteiger partial charge on any atom is 0.323 e. The second-order valence-corrected chi connectivity index (χ2v) is 10.5. The van der Waals surface area contributed by atoms with Gasteiger partial charge >= 0.3 is 5.97 Å². The highest BCUT2D eigenvalue weighted by molar-refractivity contribution is 7.17. The normalized spacial score (nSPS) is 21.4. The molecule has 0 radical (unpaired) electrons. The molecule has 13 heteroatoms. The summed E-state index contributed by atoms with van der Waals surface area (Å²) in [4.78, 5) is 46.7. The van der Waals surface area contributed by atoms with Crippen molar-refractivity contribution in [2.75, 3.05) is 18.5 Å². The Labute approximate surface area is 236 Å². The van der Waals surface area contributed by atoms with Crippen molar-refractivity contribution in [3.8, 4) is 27.7 Å². The van der Waals surface area contributed by atoms with E-state index in [9.17, 15) is 24.6 Å². The number of fused-ring (bicyclic) bond motifs is 1. The number of carboxylic acid groups (broad SMARTS) is 1. The lowest BCUT2D eigenvalue weighted by atomic mass is 10.1. The van der Waals surface area contributed by atoms with Gasteiger partial charge in [0.25, 0.3) is 11.5 Å². The molecule has 210 valence electrons. The molecule has 2 aliphatic heterocycles. The largest absolute Gasteiger partial charge is 0.485 e. The lowest BCUT2D eigenvalue weighted by Gasteiger charge is -2.18. The fraction of sp³-hybridized carbons (Fsp3) is 0.250. The number of amides is 1. The van der Waals surface area contributed by atoms with E-state index in [-0.39, 0.29) is 35.7 Å². The van der Waals surface area contributed by atoms with E-state index in [4.69, 9.17) is 14.2 Å². The van der Waals surface area contributed by atoms with Crippen LogP contribution in [0.25, 0.3) is 22.0 Å². The highest BCUT2D eigenvalue weighted by Crippen LogP contribution is 2.31. The Kier molecular flexibility index (Phi) is 7.32. The summed E-state index contributed by atoms with van der Waals surface area (Å²) in [5.41, 5.74) is 0.444. The third kappa shape index (κ3) is 5.47. The predicted molar refractivity (Wildman–Crippen MR) is 147 cm³/mol. The Morgan fingerprint density at radius 3 is 2.51 bits per heavy atom. The number of anilines is 1. The van der Waals surface area contributed by atoms with Gasteiger partial charge in [-0.05, 0) is 24.3 Å². The Hall–Kier alpha value is -4.43. The SMILES string of the molecule is O=C(O)Cn1c(-c2ccc(O[C@@H]3CO[C@H]4[C@@H]3OC[C@H]4O)cc2)ncc(NC(=O)c2cnc(-c3ccccc3)s2)c1=O. The van der Waals surface area contributed by atoms with Crippen molar-refractivity contribution in [1.82, 2.24) is 14.5 Å². The van der Waals surface area contributed by atoms with Gasteiger partial charge in [0.15, 0.2) is 6.10 Å². The first-order chi connectivity index (χ1) is 19.9. The van der Waals surface area contributed by atoms with E-state index in [1.54, 1.807) is 24.3 Å². The number of ether oxygens (including phenoxy) is 3. The summed E-state index contributed by atoms with van der Waals surface area (Å²) in [7, 11) is 0. The molecule has 3 N–H and O–H groups in total. The minimum atomic E-state index is -1.25. The average Bonchev–Trinajstić information content (AvgIpc) is 3.71. The van der Waals surface area contributed by atoms with E-state index in [1.807, 2.05) is 30.3 Å². The fourth-order valence-corrected chi connectivity index (χ4v) is 5.59. The summed E-state index contributed by atoms with van der Waals surface area (Å²) in [6.07, 6.45) is 0.754. The molecule has 6 rings (SSSR count). The maximum atomic E-state index is 13.3. The molecule has 4 atom stereocenters. The Morgan fingerprint density at radius 2 is 1.76 bits per heavy atom. The highest BCUT2D eigenvalue weighted by atomic mass is 32.1. The van der Waals surface area contributed by atoms with Gasteiger partial charge in [0.2, 0.25) is 0 Å². The number of nitrogens with one attached hydrogen (secondary N) is 1. The van der Waals surface area contributed by atoms with Crippen LogP contribution in [0.15, 0.2) is 71.8 Å². The number of rotatable bonds is 8. The van der Waals surface area contributed by atoms with Crippen LogP contribution in [-0.2, 0) is 20.8 Å². The molecule has 2 aromatic heterocycles. The lowest BCUT2D eigenvalue weighted by molar-refractivity contribution is -0.137. The first-order valence-electron chi connectivity index (χ1n) is 12.7. The van der Waals surface area contributed by atoms with Gasteiger partial charge in [0.1, 0.15) is 52.0 Å². The van der Waals surface area contributed by atoms with Crippen molar-refractivity contribution < 1.29 is 34.0 Å². The van der Waals surface area contributed by atoms with Crippen molar-refractivity contribution in [3.63, 3.8) is 0 Å². The van der Waals surface area contributed by atoms with Crippen LogP contribution in [-0.4, -0.2) is 74.3 Å². The third-order valence-electron chi connectivity index (χ3n) is 6.72. The standard InChI is InChI=1S/C28H24N4O8S/c33-19-13-38-24-20(14-39-23(19)24)40-17-8-6-15(7-9-17)25-29-10-18(28(37)32(25)12-22(34)35)31-26(36)21-11-30-27(41-21)16-4-2-1-3-5-16/h1-11,19-20,23-24,33H,12-14H2,(H,31,36)(H,34,35)/t19-,20-,23-,24-/m1/s1. The van der Waals surface area contributed by atoms with Gasteiger partial charge in [-0.25, -0.2) is 9.97 Å². The second kappa shape index (κ2) is 11.2.